The molecule has 3 N–H and O–H groups in total. The Kier molecular flexibility index (Phi) is 8.30. The van der Waals surface area contributed by atoms with Gasteiger partial charge < -0.3 is 11.1 Å². The van der Waals surface area contributed by atoms with E-state index in [-0.39, 0.29) is 42.2 Å². The molecule has 128 valence electrons. The van der Waals surface area contributed by atoms with E-state index in [2.05, 4.69) is 22.1 Å². The zero-order valence-corrected chi connectivity index (χ0v) is 16.0. The molecule has 1 fully saturated rings. The Morgan fingerprint density at radius 3 is 2.59 bits per heavy atom. The minimum atomic E-state index is -0.145. The molecule has 5 nitrogen and oxygen atoms in total. The van der Waals surface area contributed by atoms with Gasteiger partial charge in [0.1, 0.15) is 0 Å². The van der Waals surface area contributed by atoms with Crippen molar-refractivity contribution in [1.29, 1.82) is 0 Å². The highest BCUT2D eigenvalue weighted by atomic mass is 35.5. The first-order valence-corrected chi connectivity index (χ1v) is 7.85. The number of aromatic nitrogens is 1. The van der Waals surface area contributed by atoms with Crippen LogP contribution in [-0.4, -0.2) is 41.5 Å². The maximum atomic E-state index is 12.3. The second kappa shape index (κ2) is 8.45. The van der Waals surface area contributed by atoms with E-state index in [1.807, 2.05) is 20.8 Å². The Morgan fingerprint density at radius 2 is 2.14 bits per heavy atom. The van der Waals surface area contributed by atoms with E-state index in [4.69, 9.17) is 5.73 Å². The average molecular weight is 369 g/mol. The van der Waals surface area contributed by atoms with E-state index < -0.39 is 0 Å². The summed E-state index contributed by atoms with van der Waals surface area (Å²) in [4.78, 5) is 20.0. The Balaban J connectivity index is 0.00000220. The predicted molar refractivity (Wildman–Crippen MR) is 97.5 cm³/mol. The molecular formula is C14H26Cl2N4OS. The van der Waals surface area contributed by atoms with Gasteiger partial charge in [-0.05, 0) is 45.7 Å². The number of carbonyl (C=O) groups excluding carboxylic acids is 1. The maximum Gasteiger partial charge on any atom is 0.243 e. The summed E-state index contributed by atoms with van der Waals surface area (Å²) in [6.45, 7) is 10.6. The number of nitrogens with zero attached hydrogens (tertiary/aromatic N) is 2. The zero-order chi connectivity index (χ0) is 14.9. The van der Waals surface area contributed by atoms with Gasteiger partial charge in [-0.3, -0.25) is 9.69 Å². The molecule has 0 bridgehead atoms. The SMILES string of the molecule is Cc1nc(NC(=O)C(C)N2CCC(C)(CN)C2)sc1C.Cl.Cl. The predicted octanol–water partition coefficient (Wildman–Crippen LogP) is 2.60. The van der Waals surface area contributed by atoms with Crippen LogP contribution in [0.1, 0.15) is 30.8 Å². The van der Waals surface area contributed by atoms with Crippen molar-refractivity contribution < 1.29 is 4.79 Å². The number of anilines is 1. The summed E-state index contributed by atoms with van der Waals surface area (Å²) >= 11 is 1.53. The van der Waals surface area contributed by atoms with Crippen molar-refractivity contribution in [2.45, 2.75) is 40.2 Å². The smallest absolute Gasteiger partial charge is 0.243 e. The topological polar surface area (TPSA) is 71.2 Å². The molecule has 2 atom stereocenters. The third-order valence-corrected chi connectivity index (χ3v) is 5.25. The molecule has 1 aliphatic rings. The number of halogens is 2. The van der Waals surface area contributed by atoms with E-state index >= 15 is 0 Å². The maximum absolute atomic E-state index is 12.3. The molecule has 8 heteroatoms. The number of hydrogen-bond donors (Lipinski definition) is 2. The summed E-state index contributed by atoms with van der Waals surface area (Å²) in [6.07, 6.45) is 1.05. The fourth-order valence-electron chi connectivity index (χ4n) is 2.46. The minimum Gasteiger partial charge on any atom is -0.330 e. The van der Waals surface area contributed by atoms with Gasteiger partial charge in [0.2, 0.25) is 5.91 Å². The highest BCUT2D eigenvalue weighted by molar-refractivity contribution is 7.15. The average Bonchev–Trinajstić information content (AvgIpc) is 2.94. The van der Waals surface area contributed by atoms with Crippen molar-refractivity contribution in [2.24, 2.45) is 11.1 Å². The Morgan fingerprint density at radius 1 is 1.50 bits per heavy atom. The van der Waals surface area contributed by atoms with Crippen LogP contribution >= 0.6 is 36.2 Å². The van der Waals surface area contributed by atoms with Crippen molar-refractivity contribution in [3.63, 3.8) is 0 Å². The molecule has 22 heavy (non-hydrogen) atoms. The van der Waals surface area contributed by atoms with Gasteiger partial charge in [0.25, 0.3) is 0 Å². The number of rotatable bonds is 4. The second-order valence-electron chi connectivity index (χ2n) is 6.06. The van der Waals surface area contributed by atoms with Crippen LogP contribution in [0.4, 0.5) is 5.13 Å². The minimum absolute atomic E-state index is 0. The zero-order valence-electron chi connectivity index (χ0n) is 13.5. The number of thiazole rings is 1. The van der Waals surface area contributed by atoms with Crippen LogP contribution in [-0.2, 0) is 4.79 Å². The van der Waals surface area contributed by atoms with Gasteiger partial charge in [-0.25, -0.2) is 4.98 Å². The number of hydrogen-bond acceptors (Lipinski definition) is 5. The van der Waals surface area contributed by atoms with Crippen molar-refractivity contribution in [2.75, 3.05) is 25.0 Å². The second-order valence-corrected chi connectivity index (χ2v) is 7.26. The number of nitrogens with one attached hydrogen (secondary N) is 1. The van der Waals surface area contributed by atoms with Crippen LogP contribution in [0.25, 0.3) is 0 Å². The lowest BCUT2D eigenvalue weighted by Gasteiger charge is -2.26. The highest BCUT2D eigenvalue weighted by Gasteiger charge is 2.36. The molecule has 0 saturated carbocycles. The van der Waals surface area contributed by atoms with Crippen LogP contribution < -0.4 is 11.1 Å². The molecule has 2 heterocycles. The van der Waals surface area contributed by atoms with Gasteiger partial charge in [-0.1, -0.05) is 6.92 Å². The molecule has 0 radical (unpaired) electrons. The first-order valence-electron chi connectivity index (χ1n) is 7.04. The first-order chi connectivity index (χ1) is 9.34. The normalized spacial score (nSPS) is 22.6. The molecule has 1 aliphatic heterocycles. The van der Waals surface area contributed by atoms with E-state index in [9.17, 15) is 4.79 Å². The lowest BCUT2D eigenvalue weighted by Crippen LogP contribution is -2.42. The summed E-state index contributed by atoms with van der Waals surface area (Å²) in [5, 5.41) is 3.61. The number of nitrogens with two attached hydrogens (primary N) is 1. The van der Waals surface area contributed by atoms with Gasteiger partial charge in [-0.15, -0.1) is 36.2 Å². The Bertz CT molecular complexity index is 492. The molecule has 2 unspecified atom stereocenters. The molecular weight excluding hydrogens is 343 g/mol. The van der Waals surface area contributed by atoms with Crippen molar-refractivity contribution in [1.82, 2.24) is 9.88 Å². The summed E-state index contributed by atoms with van der Waals surface area (Å²) < 4.78 is 0. The largest absolute Gasteiger partial charge is 0.330 e. The van der Waals surface area contributed by atoms with E-state index in [0.717, 1.165) is 30.1 Å². The fraction of sp³-hybridized carbons (Fsp3) is 0.714. The molecule has 2 rings (SSSR count). The highest BCUT2D eigenvalue weighted by Crippen LogP contribution is 2.30. The quantitative estimate of drug-likeness (QED) is 0.856. The van der Waals surface area contributed by atoms with Crippen LogP contribution in [0.5, 0.6) is 0 Å². The fourth-order valence-corrected chi connectivity index (χ4v) is 3.28. The van der Waals surface area contributed by atoms with Crippen LogP contribution in [0.15, 0.2) is 0 Å². The van der Waals surface area contributed by atoms with Gasteiger partial charge in [0.05, 0.1) is 11.7 Å². The summed E-state index contributed by atoms with van der Waals surface area (Å²) in [7, 11) is 0. The van der Waals surface area contributed by atoms with Gasteiger partial charge in [-0.2, -0.15) is 0 Å². The molecule has 0 spiro atoms. The number of likely N-dealkylation sites (tertiary alicyclic amines) is 1. The number of amides is 1. The standard InChI is InChI=1S/C14H24N4OS.2ClH/c1-9-11(3)20-13(16-9)17-12(19)10(2)18-6-5-14(4,7-15)8-18;;/h10H,5-8,15H2,1-4H3,(H,16,17,19);2*1H. The third-order valence-electron chi connectivity index (χ3n) is 4.27. The lowest BCUT2D eigenvalue weighted by atomic mass is 9.90. The third kappa shape index (κ3) is 4.80. The Hall–Kier alpha value is -0.400. The summed E-state index contributed by atoms with van der Waals surface area (Å²) in [5.74, 6) is 0.0139. The van der Waals surface area contributed by atoms with E-state index in [0.29, 0.717) is 11.7 Å². The van der Waals surface area contributed by atoms with Crippen LogP contribution in [0, 0.1) is 19.3 Å². The van der Waals surface area contributed by atoms with Crippen molar-refractivity contribution >= 4 is 47.2 Å². The first kappa shape index (κ1) is 21.6. The van der Waals surface area contributed by atoms with Gasteiger partial charge >= 0.3 is 0 Å². The molecule has 1 aromatic rings. The van der Waals surface area contributed by atoms with Crippen LogP contribution in [0.3, 0.4) is 0 Å². The molecule has 1 saturated heterocycles. The van der Waals surface area contributed by atoms with E-state index in [1.165, 1.54) is 11.3 Å². The molecule has 0 aromatic carbocycles. The van der Waals surface area contributed by atoms with Gasteiger partial charge in [0.15, 0.2) is 5.13 Å². The van der Waals surface area contributed by atoms with E-state index in [1.54, 1.807) is 0 Å². The summed E-state index contributed by atoms with van der Waals surface area (Å²) in [6, 6.07) is -0.145. The monoisotopic (exact) mass is 368 g/mol. The lowest BCUT2D eigenvalue weighted by molar-refractivity contribution is -0.120. The molecule has 1 amide bonds. The Labute approximate surface area is 148 Å². The van der Waals surface area contributed by atoms with Crippen molar-refractivity contribution in [3.05, 3.63) is 10.6 Å². The molecule has 1 aromatic heterocycles. The summed E-state index contributed by atoms with van der Waals surface area (Å²) in [5.41, 5.74) is 6.94. The van der Waals surface area contributed by atoms with Crippen molar-refractivity contribution in [3.8, 4) is 0 Å². The number of carbonyl (C=O) groups is 1. The van der Waals surface area contributed by atoms with Crippen LogP contribution in [0.2, 0.25) is 0 Å². The van der Waals surface area contributed by atoms with Gasteiger partial charge in [0, 0.05) is 11.4 Å². The number of aryl methyl sites for hydroxylation is 2. The molecule has 0 aliphatic carbocycles.